The summed E-state index contributed by atoms with van der Waals surface area (Å²) >= 11 is 0. The fourth-order valence-electron chi connectivity index (χ4n) is 2.26. The fraction of sp³-hybridized carbons (Fsp3) is 0.125. The Balaban J connectivity index is 2.17. The van der Waals surface area contributed by atoms with E-state index in [-0.39, 0.29) is 17.9 Å². The van der Waals surface area contributed by atoms with Gasteiger partial charge >= 0.3 is 0 Å². The number of fused-ring (bicyclic) bond motifs is 1. The lowest BCUT2D eigenvalue weighted by atomic mass is 10.2. The average molecular weight is 268 g/mol. The molecule has 3 aromatic rings. The lowest BCUT2D eigenvalue weighted by molar-refractivity contribution is 0.591. The predicted molar refractivity (Wildman–Crippen MR) is 76.2 cm³/mol. The normalized spacial score (nSPS) is 10.9. The topological polar surface area (TPSA) is 34.9 Å². The fourth-order valence-corrected chi connectivity index (χ4v) is 2.26. The highest BCUT2D eigenvalue weighted by Gasteiger charge is 2.09. The summed E-state index contributed by atoms with van der Waals surface area (Å²) < 4.78 is 15.2. The minimum absolute atomic E-state index is 0.142. The number of hydrogen-bond acceptors (Lipinski definition) is 2. The van der Waals surface area contributed by atoms with Crippen LogP contribution in [0.4, 0.5) is 4.39 Å². The van der Waals surface area contributed by atoms with Gasteiger partial charge in [0.1, 0.15) is 11.6 Å². The second-order valence-corrected chi connectivity index (χ2v) is 4.66. The number of benzene rings is 2. The lowest BCUT2D eigenvalue weighted by Gasteiger charge is -2.11. The molecule has 0 fully saturated rings. The average Bonchev–Trinajstić information content (AvgIpc) is 2.45. The van der Waals surface area contributed by atoms with Gasteiger partial charge in [-0.1, -0.05) is 30.3 Å². The van der Waals surface area contributed by atoms with Gasteiger partial charge < -0.3 is 0 Å². The maximum Gasteiger partial charge on any atom is 0.261 e. The molecule has 4 heteroatoms. The number of nitrogens with zero attached hydrogens (tertiary/aromatic N) is 2. The van der Waals surface area contributed by atoms with Crippen molar-refractivity contribution in [3.8, 4) is 0 Å². The highest BCUT2D eigenvalue weighted by molar-refractivity contribution is 5.77. The maximum absolute atomic E-state index is 13.7. The summed E-state index contributed by atoms with van der Waals surface area (Å²) in [7, 11) is 0. The number of aryl methyl sites for hydroxylation is 1. The predicted octanol–water partition coefficient (Wildman–Crippen LogP) is 2.89. The van der Waals surface area contributed by atoms with Crippen molar-refractivity contribution in [3.05, 3.63) is 76.1 Å². The SMILES string of the molecule is Cc1nc2ccccc2c(=O)n1Cc1ccccc1F. The summed E-state index contributed by atoms with van der Waals surface area (Å²) in [5, 5.41) is 0.550. The van der Waals surface area contributed by atoms with Gasteiger partial charge in [-0.05, 0) is 25.1 Å². The molecule has 0 aliphatic heterocycles. The van der Waals surface area contributed by atoms with Crippen LogP contribution >= 0.6 is 0 Å². The molecule has 0 bridgehead atoms. The first-order valence-electron chi connectivity index (χ1n) is 6.36. The van der Waals surface area contributed by atoms with Crippen LogP contribution in [0.1, 0.15) is 11.4 Å². The molecule has 0 unspecified atom stereocenters. The van der Waals surface area contributed by atoms with Crippen molar-refractivity contribution in [2.75, 3.05) is 0 Å². The second-order valence-electron chi connectivity index (χ2n) is 4.66. The highest BCUT2D eigenvalue weighted by Crippen LogP contribution is 2.11. The minimum Gasteiger partial charge on any atom is -0.292 e. The summed E-state index contributed by atoms with van der Waals surface area (Å²) in [5.74, 6) is 0.268. The Morgan fingerprint density at radius 3 is 2.60 bits per heavy atom. The molecule has 0 N–H and O–H groups in total. The molecule has 0 spiro atoms. The molecule has 0 amide bonds. The second kappa shape index (κ2) is 4.89. The van der Waals surface area contributed by atoms with Crippen molar-refractivity contribution in [2.24, 2.45) is 0 Å². The van der Waals surface area contributed by atoms with E-state index in [1.54, 1.807) is 43.3 Å². The summed E-state index contributed by atoms with van der Waals surface area (Å²) in [5.41, 5.74) is 1.01. The van der Waals surface area contributed by atoms with Crippen LogP contribution in [-0.4, -0.2) is 9.55 Å². The molecule has 0 aliphatic carbocycles. The van der Waals surface area contributed by atoms with Gasteiger partial charge in [0.05, 0.1) is 17.4 Å². The van der Waals surface area contributed by atoms with Gasteiger partial charge in [0.15, 0.2) is 0 Å². The zero-order valence-electron chi connectivity index (χ0n) is 11.0. The van der Waals surface area contributed by atoms with E-state index in [1.165, 1.54) is 10.6 Å². The largest absolute Gasteiger partial charge is 0.292 e. The van der Waals surface area contributed by atoms with Gasteiger partial charge in [0.2, 0.25) is 0 Å². The number of aromatic nitrogens is 2. The van der Waals surface area contributed by atoms with Crippen molar-refractivity contribution in [2.45, 2.75) is 13.5 Å². The molecule has 0 saturated heterocycles. The quantitative estimate of drug-likeness (QED) is 0.716. The molecular formula is C16H13FN2O. The molecule has 3 nitrogen and oxygen atoms in total. The van der Waals surface area contributed by atoms with Gasteiger partial charge in [-0.25, -0.2) is 9.37 Å². The molecule has 20 heavy (non-hydrogen) atoms. The molecular weight excluding hydrogens is 255 g/mol. The van der Waals surface area contributed by atoms with Crippen LogP contribution in [0.2, 0.25) is 0 Å². The van der Waals surface area contributed by atoms with Gasteiger partial charge in [-0.15, -0.1) is 0 Å². The monoisotopic (exact) mass is 268 g/mol. The van der Waals surface area contributed by atoms with E-state index in [4.69, 9.17) is 0 Å². The van der Waals surface area contributed by atoms with Gasteiger partial charge in [0, 0.05) is 5.56 Å². The van der Waals surface area contributed by atoms with Crippen LogP contribution in [0, 0.1) is 12.7 Å². The Bertz CT molecular complexity index is 839. The number of para-hydroxylation sites is 1. The van der Waals surface area contributed by atoms with Crippen molar-refractivity contribution >= 4 is 10.9 Å². The van der Waals surface area contributed by atoms with Gasteiger partial charge in [-0.2, -0.15) is 0 Å². The molecule has 0 atom stereocenters. The van der Waals surface area contributed by atoms with Crippen molar-refractivity contribution in [3.63, 3.8) is 0 Å². The molecule has 2 aromatic carbocycles. The third kappa shape index (κ3) is 2.09. The highest BCUT2D eigenvalue weighted by atomic mass is 19.1. The Hall–Kier alpha value is -2.49. The first-order chi connectivity index (χ1) is 9.66. The Kier molecular flexibility index (Phi) is 3.06. The van der Waals surface area contributed by atoms with Crippen LogP contribution in [0.3, 0.4) is 0 Å². The zero-order chi connectivity index (χ0) is 14.1. The molecule has 1 heterocycles. The van der Waals surface area contributed by atoms with E-state index in [0.717, 1.165) is 0 Å². The van der Waals surface area contributed by atoms with Gasteiger partial charge in [0.25, 0.3) is 5.56 Å². The smallest absolute Gasteiger partial charge is 0.261 e. The van der Waals surface area contributed by atoms with Crippen LogP contribution in [-0.2, 0) is 6.54 Å². The number of hydrogen-bond donors (Lipinski definition) is 0. The number of rotatable bonds is 2. The lowest BCUT2D eigenvalue weighted by Crippen LogP contribution is -2.24. The summed E-state index contributed by atoms with van der Waals surface area (Å²) in [6.45, 7) is 1.95. The standard InChI is InChI=1S/C16H13FN2O/c1-11-18-15-9-5-3-7-13(15)16(20)19(11)10-12-6-2-4-8-14(12)17/h2-9H,10H2,1H3. The summed E-state index contributed by atoms with van der Waals surface area (Å²) in [6.07, 6.45) is 0. The third-order valence-corrected chi connectivity index (χ3v) is 3.34. The number of halogens is 1. The Morgan fingerprint density at radius 2 is 1.80 bits per heavy atom. The molecule has 0 aliphatic rings. The van der Waals surface area contributed by atoms with E-state index in [2.05, 4.69) is 4.98 Å². The van der Waals surface area contributed by atoms with Crippen molar-refractivity contribution in [1.29, 1.82) is 0 Å². The van der Waals surface area contributed by atoms with Gasteiger partial charge in [-0.3, -0.25) is 9.36 Å². The van der Waals surface area contributed by atoms with Crippen LogP contribution in [0.5, 0.6) is 0 Å². The van der Waals surface area contributed by atoms with Crippen molar-refractivity contribution in [1.82, 2.24) is 9.55 Å². The van der Waals surface area contributed by atoms with E-state index in [1.807, 2.05) is 6.07 Å². The third-order valence-electron chi connectivity index (χ3n) is 3.34. The van der Waals surface area contributed by atoms with E-state index >= 15 is 0 Å². The van der Waals surface area contributed by atoms with Crippen LogP contribution in [0.15, 0.2) is 53.3 Å². The Labute approximate surface area is 115 Å². The summed E-state index contributed by atoms with van der Waals surface area (Å²) in [6, 6.07) is 13.6. The van der Waals surface area contributed by atoms with Crippen molar-refractivity contribution < 1.29 is 4.39 Å². The van der Waals surface area contributed by atoms with Crippen LogP contribution in [0.25, 0.3) is 10.9 Å². The minimum atomic E-state index is -0.313. The molecule has 3 rings (SSSR count). The summed E-state index contributed by atoms with van der Waals surface area (Å²) in [4.78, 5) is 16.9. The first kappa shape index (κ1) is 12.5. The molecule has 1 aromatic heterocycles. The Morgan fingerprint density at radius 1 is 1.10 bits per heavy atom. The van der Waals surface area contributed by atoms with Crippen LogP contribution < -0.4 is 5.56 Å². The molecule has 0 radical (unpaired) electrons. The molecule has 100 valence electrons. The first-order valence-corrected chi connectivity index (χ1v) is 6.36. The van der Waals surface area contributed by atoms with E-state index in [0.29, 0.717) is 22.3 Å². The van der Waals surface area contributed by atoms with E-state index < -0.39 is 0 Å². The van der Waals surface area contributed by atoms with E-state index in [9.17, 15) is 9.18 Å². The maximum atomic E-state index is 13.7. The zero-order valence-corrected chi connectivity index (χ0v) is 11.0. The molecule has 0 saturated carbocycles.